The molecule has 0 amide bonds. The molecule has 1 atom stereocenters. The summed E-state index contributed by atoms with van der Waals surface area (Å²) >= 11 is 1.17. The van der Waals surface area contributed by atoms with Crippen LogP contribution >= 0.6 is 11.3 Å². The highest BCUT2D eigenvalue weighted by Crippen LogP contribution is 2.26. The molecule has 0 radical (unpaired) electrons. The number of nitrogen functional groups attached to an aromatic ring is 1. The zero-order valence-corrected chi connectivity index (χ0v) is 11.4. The first kappa shape index (κ1) is 13.5. The summed E-state index contributed by atoms with van der Waals surface area (Å²) in [7, 11) is -1.75. The third kappa shape index (κ3) is 2.75. The number of hydrogen-bond donors (Lipinski definition) is 1. The molecule has 0 aromatic carbocycles. The van der Waals surface area contributed by atoms with Crippen LogP contribution in [0.15, 0.2) is 15.7 Å². The Bertz CT molecular complexity index is 439. The van der Waals surface area contributed by atoms with E-state index in [-0.39, 0.29) is 6.04 Å². The third-order valence-corrected chi connectivity index (χ3v) is 5.96. The Morgan fingerprint density at radius 1 is 1.56 bits per heavy atom. The first-order valence-corrected chi connectivity index (χ1v) is 7.53. The largest absolute Gasteiger partial charge is 0.398 e. The lowest BCUT2D eigenvalue weighted by Crippen LogP contribution is -2.34. The van der Waals surface area contributed by atoms with Crippen molar-refractivity contribution in [1.82, 2.24) is 4.31 Å². The third-order valence-electron chi connectivity index (χ3n) is 2.56. The van der Waals surface area contributed by atoms with Gasteiger partial charge in [0.1, 0.15) is 4.21 Å². The second-order valence-corrected chi connectivity index (χ2v) is 6.99. The molecule has 6 heteroatoms. The normalized spacial score (nSPS) is 14.2. The minimum atomic E-state index is -3.37. The summed E-state index contributed by atoms with van der Waals surface area (Å²) in [6, 6.07) is 1.52. The molecular weight excluding hydrogens is 244 g/mol. The Kier molecular flexibility index (Phi) is 4.35. The molecule has 2 N–H and O–H groups in total. The lowest BCUT2D eigenvalue weighted by atomic mass is 10.2. The van der Waals surface area contributed by atoms with Crippen molar-refractivity contribution in [3.63, 3.8) is 0 Å². The van der Waals surface area contributed by atoms with Gasteiger partial charge in [-0.25, -0.2) is 8.42 Å². The molecule has 1 aromatic heterocycles. The van der Waals surface area contributed by atoms with Crippen LogP contribution in [-0.2, 0) is 10.0 Å². The molecule has 0 bridgehead atoms. The molecule has 0 spiro atoms. The summed E-state index contributed by atoms with van der Waals surface area (Å²) in [5.41, 5.74) is 6.04. The van der Waals surface area contributed by atoms with Gasteiger partial charge in [-0.3, -0.25) is 0 Å². The monoisotopic (exact) mass is 262 g/mol. The van der Waals surface area contributed by atoms with Gasteiger partial charge in [-0.2, -0.15) is 4.31 Å². The molecule has 1 heterocycles. The van der Waals surface area contributed by atoms with Crippen LogP contribution in [0.3, 0.4) is 0 Å². The molecule has 1 aromatic rings. The number of rotatable bonds is 5. The highest BCUT2D eigenvalue weighted by Gasteiger charge is 2.26. The number of sulfonamides is 1. The van der Waals surface area contributed by atoms with Crippen molar-refractivity contribution in [1.29, 1.82) is 0 Å². The molecule has 0 saturated heterocycles. The quantitative estimate of drug-likeness (QED) is 0.884. The minimum Gasteiger partial charge on any atom is -0.398 e. The lowest BCUT2D eigenvalue weighted by molar-refractivity contribution is 0.369. The van der Waals surface area contributed by atoms with Gasteiger partial charge in [-0.05, 0) is 19.4 Å². The zero-order valence-electron chi connectivity index (χ0n) is 9.80. The Morgan fingerprint density at radius 2 is 2.19 bits per heavy atom. The Morgan fingerprint density at radius 3 is 2.62 bits per heavy atom. The van der Waals surface area contributed by atoms with Crippen LogP contribution in [0.4, 0.5) is 5.69 Å². The van der Waals surface area contributed by atoms with Crippen molar-refractivity contribution in [3.8, 4) is 0 Å². The summed E-state index contributed by atoms with van der Waals surface area (Å²) in [6.45, 7) is 3.96. The van der Waals surface area contributed by atoms with Crippen LogP contribution in [0.25, 0.3) is 0 Å². The van der Waals surface area contributed by atoms with Gasteiger partial charge in [-0.1, -0.05) is 13.3 Å². The van der Waals surface area contributed by atoms with E-state index < -0.39 is 10.0 Å². The molecule has 92 valence electrons. The molecule has 1 unspecified atom stereocenters. The van der Waals surface area contributed by atoms with E-state index in [4.69, 9.17) is 5.73 Å². The fourth-order valence-electron chi connectivity index (χ4n) is 1.44. The first-order valence-electron chi connectivity index (χ1n) is 5.21. The maximum atomic E-state index is 12.1. The van der Waals surface area contributed by atoms with Crippen LogP contribution in [0.5, 0.6) is 0 Å². The average molecular weight is 262 g/mol. The molecule has 0 fully saturated rings. The van der Waals surface area contributed by atoms with E-state index in [1.807, 2.05) is 13.8 Å². The maximum Gasteiger partial charge on any atom is 0.252 e. The van der Waals surface area contributed by atoms with E-state index in [2.05, 4.69) is 0 Å². The topological polar surface area (TPSA) is 63.4 Å². The highest BCUT2D eigenvalue weighted by molar-refractivity contribution is 7.91. The number of hydrogen-bond acceptors (Lipinski definition) is 4. The lowest BCUT2D eigenvalue weighted by Gasteiger charge is -2.23. The molecule has 16 heavy (non-hydrogen) atoms. The second kappa shape index (κ2) is 5.16. The van der Waals surface area contributed by atoms with E-state index in [9.17, 15) is 8.42 Å². The van der Waals surface area contributed by atoms with Crippen molar-refractivity contribution in [2.75, 3.05) is 12.8 Å². The van der Waals surface area contributed by atoms with Crippen LogP contribution in [0.2, 0.25) is 0 Å². The Labute approximate surface area is 101 Å². The fourth-order valence-corrected chi connectivity index (χ4v) is 4.10. The van der Waals surface area contributed by atoms with Crippen LogP contribution < -0.4 is 5.73 Å². The average Bonchev–Trinajstić information content (AvgIpc) is 2.64. The van der Waals surface area contributed by atoms with Gasteiger partial charge in [0.05, 0.1) is 0 Å². The first-order chi connectivity index (χ1) is 7.39. The van der Waals surface area contributed by atoms with Crippen LogP contribution in [-0.4, -0.2) is 25.8 Å². The summed E-state index contributed by atoms with van der Waals surface area (Å²) in [6.07, 6.45) is 1.82. The number of anilines is 1. The molecule has 4 nitrogen and oxygen atoms in total. The van der Waals surface area contributed by atoms with Gasteiger partial charge in [-0.15, -0.1) is 11.3 Å². The van der Waals surface area contributed by atoms with Gasteiger partial charge in [0, 0.05) is 24.2 Å². The van der Waals surface area contributed by atoms with E-state index in [0.717, 1.165) is 12.8 Å². The summed E-state index contributed by atoms with van der Waals surface area (Å²) in [5, 5.41) is 1.64. The van der Waals surface area contributed by atoms with Crippen LogP contribution in [0.1, 0.15) is 26.7 Å². The number of nitrogens with two attached hydrogens (primary N) is 1. The van der Waals surface area contributed by atoms with E-state index in [1.165, 1.54) is 21.7 Å². The zero-order chi connectivity index (χ0) is 12.3. The molecule has 0 aliphatic rings. The van der Waals surface area contributed by atoms with Gasteiger partial charge in [0.15, 0.2) is 0 Å². The van der Waals surface area contributed by atoms with Crippen molar-refractivity contribution < 1.29 is 8.42 Å². The summed E-state index contributed by atoms with van der Waals surface area (Å²) in [5.74, 6) is 0. The highest BCUT2D eigenvalue weighted by atomic mass is 32.2. The van der Waals surface area contributed by atoms with Gasteiger partial charge < -0.3 is 5.73 Å². The second-order valence-electron chi connectivity index (χ2n) is 3.86. The van der Waals surface area contributed by atoms with E-state index in [0.29, 0.717) is 9.90 Å². The summed E-state index contributed by atoms with van der Waals surface area (Å²) < 4.78 is 26.0. The van der Waals surface area contributed by atoms with E-state index in [1.54, 1.807) is 12.4 Å². The maximum absolute atomic E-state index is 12.1. The predicted molar refractivity (Wildman–Crippen MR) is 68.1 cm³/mol. The summed E-state index contributed by atoms with van der Waals surface area (Å²) in [4.78, 5) is 0. The molecular formula is C10H18N2O2S2. The van der Waals surface area contributed by atoms with Gasteiger partial charge in [0.2, 0.25) is 0 Å². The minimum absolute atomic E-state index is 0.0123. The number of thiophene rings is 1. The van der Waals surface area contributed by atoms with Crippen molar-refractivity contribution in [2.45, 2.75) is 36.9 Å². The fraction of sp³-hybridized carbons (Fsp3) is 0.600. The van der Waals surface area contributed by atoms with Crippen molar-refractivity contribution in [2.24, 2.45) is 0 Å². The molecule has 0 saturated carbocycles. The van der Waals surface area contributed by atoms with Crippen LogP contribution in [0, 0.1) is 0 Å². The SMILES string of the molecule is CCCC(C)N(C)S(=O)(=O)c1cc(N)cs1. The van der Waals surface area contributed by atoms with Crippen molar-refractivity contribution in [3.05, 3.63) is 11.4 Å². The smallest absolute Gasteiger partial charge is 0.252 e. The van der Waals surface area contributed by atoms with E-state index >= 15 is 0 Å². The standard InChI is InChI=1S/C10H18N2O2S2/c1-4-5-8(2)12(3)16(13,14)10-6-9(11)7-15-10/h6-8H,4-5,11H2,1-3H3. The van der Waals surface area contributed by atoms with Gasteiger partial charge in [0.25, 0.3) is 10.0 Å². The van der Waals surface area contributed by atoms with Crippen molar-refractivity contribution >= 4 is 27.0 Å². The molecule has 0 aliphatic carbocycles. The molecule has 1 rings (SSSR count). The molecule has 0 aliphatic heterocycles. The Hall–Kier alpha value is -0.590. The van der Waals surface area contributed by atoms with Gasteiger partial charge >= 0.3 is 0 Å². The predicted octanol–water partition coefficient (Wildman–Crippen LogP) is 2.14. The number of nitrogens with zero attached hydrogens (tertiary/aromatic N) is 1. The Balaban J connectivity index is 2.94.